The molecule has 10 nitrogen and oxygen atoms in total. The Balaban J connectivity index is 1.46. The number of aromatic nitrogens is 2. The van der Waals surface area contributed by atoms with Crippen LogP contribution in [0.25, 0.3) is 22.3 Å². The molecule has 0 unspecified atom stereocenters. The van der Waals surface area contributed by atoms with Crippen molar-refractivity contribution >= 4 is 38.7 Å². The molecule has 0 bridgehead atoms. The van der Waals surface area contributed by atoms with Gasteiger partial charge in [0.1, 0.15) is 6.61 Å². The fourth-order valence-corrected chi connectivity index (χ4v) is 5.01. The second-order valence-electron chi connectivity index (χ2n) is 9.47. The predicted molar refractivity (Wildman–Crippen MR) is 157 cm³/mol. The first-order valence-electron chi connectivity index (χ1n) is 12.8. The molecule has 1 aliphatic rings. The van der Waals surface area contributed by atoms with Crippen molar-refractivity contribution in [3.63, 3.8) is 0 Å². The van der Waals surface area contributed by atoms with Gasteiger partial charge in [0.05, 0.1) is 27.6 Å². The van der Waals surface area contributed by atoms with Crippen LogP contribution >= 0.6 is 15.9 Å². The Morgan fingerprint density at radius 1 is 1.05 bits per heavy atom. The number of hydrogen-bond donors (Lipinski definition) is 0. The van der Waals surface area contributed by atoms with Crippen LogP contribution in [0.15, 0.2) is 93.2 Å². The molecule has 4 aromatic carbocycles. The second kappa shape index (κ2) is 11.4. The van der Waals surface area contributed by atoms with Crippen LogP contribution in [0.2, 0.25) is 0 Å². The van der Waals surface area contributed by atoms with E-state index in [1.807, 2.05) is 0 Å². The summed E-state index contributed by atoms with van der Waals surface area (Å²) in [5, 5.41) is 16.4. The monoisotopic (exact) mass is 666 g/mol. The summed E-state index contributed by atoms with van der Waals surface area (Å²) in [4.78, 5) is 29.4. The van der Waals surface area contributed by atoms with Crippen molar-refractivity contribution in [1.82, 2.24) is 9.66 Å². The van der Waals surface area contributed by atoms with Crippen molar-refractivity contribution in [2.75, 3.05) is 6.79 Å². The van der Waals surface area contributed by atoms with Crippen molar-refractivity contribution in [3.8, 4) is 28.6 Å². The van der Waals surface area contributed by atoms with Crippen LogP contribution in [0.5, 0.6) is 17.2 Å². The number of nitrogens with zero attached hydrogens (tertiary/aromatic N) is 4. The highest BCUT2D eigenvalue weighted by atomic mass is 79.9. The molecule has 6 rings (SSSR count). The van der Waals surface area contributed by atoms with Gasteiger partial charge >= 0.3 is 11.9 Å². The van der Waals surface area contributed by atoms with Gasteiger partial charge in [-0.15, -0.1) is 0 Å². The quantitative estimate of drug-likeness (QED) is 0.105. The highest BCUT2D eigenvalue weighted by Crippen LogP contribution is 2.37. The third-order valence-electron chi connectivity index (χ3n) is 6.59. The van der Waals surface area contributed by atoms with Crippen LogP contribution in [0.3, 0.4) is 0 Å². The molecule has 0 atom stereocenters. The smallest absolute Gasteiger partial charge is 0.416 e. The number of fused-ring (bicyclic) bond motifs is 2. The summed E-state index contributed by atoms with van der Waals surface area (Å²) in [6.45, 7) is -0.0170. The third-order valence-corrected chi connectivity index (χ3v) is 7.05. The number of hydrogen-bond acceptors (Lipinski definition) is 8. The average molecular weight is 667 g/mol. The zero-order valence-corrected chi connectivity index (χ0v) is 23.8. The maximum absolute atomic E-state index is 13.6. The molecule has 0 saturated carbocycles. The molecule has 1 aliphatic heterocycles. The van der Waals surface area contributed by atoms with E-state index < -0.39 is 22.2 Å². The molecule has 0 spiro atoms. The molecule has 5 aromatic rings. The molecule has 0 aliphatic carbocycles. The predicted octanol–water partition coefficient (Wildman–Crippen LogP) is 6.94. The van der Waals surface area contributed by atoms with Crippen LogP contribution in [-0.4, -0.2) is 27.6 Å². The molecular formula is C30H18BrF3N4O6. The van der Waals surface area contributed by atoms with Crippen LogP contribution in [0.4, 0.5) is 18.9 Å². The van der Waals surface area contributed by atoms with Gasteiger partial charge in [-0.2, -0.15) is 22.9 Å². The molecule has 0 N–H and O–H groups in total. The number of ether oxygens (including phenoxy) is 3. The Labute approximate surface area is 254 Å². The molecule has 44 heavy (non-hydrogen) atoms. The molecule has 0 saturated heterocycles. The average Bonchev–Trinajstić information content (AvgIpc) is 3.47. The zero-order valence-electron chi connectivity index (χ0n) is 22.2. The summed E-state index contributed by atoms with van der Waals surface area (Å²) in [5.41, 5.74) is -0.996. The maximum Gasteiger partial charge on any atom is 0.416 e. The summed E-state index contributed by atoms with van der Waals surface area (Å²) < 4.78 is 58.4. The Bertz CT molecular complexity index is 2030. The van der Waals surface area contributed by atoms with Gasteiger partial charge in [0, 0.05) is 21.7 Å². The molecule has 1 aromatic heterocycles. The van der Waals surface area contributed by atoms with E-state index in [1.54, 1.807) is 36.4 Å². The van der Waals surface area contributed by atoms with Crippen molar-refractivity contribution in [3.05, 3.63) is 120 Å². The minimum Gasteiger partial charge on any atom is -0.481 e. The molecule has 14 heteroatoms. The van der Waals surface area contributed by atoms with Gasteiger partial charge in [-0.05, 0) is 48.0 Å². The highest BCUT2D eigenvalue weighted by Gasteiger charge is 2.31. The van der Waals surface area contributed by atoms with E-state index in [9.17, 15) is 28.1 Å². The largest absolute Gasteiger partial charge is 0.481 e. The van der Waals surface area contributed by atoms with Gasteiger partial charge < -0.3 is 14.2 Å². The number of benzene rings is 4. The summed E-state index contributed by atoms with van der Waals surface area (Å²) in [5.74, 6) is 0.746. The molecular weight excluding hydrogens is 649 g/mol. The Morgan fingerprint density at radius 3 is 2.64 bits per heavy atom. The normalized spacial score (nSPS) is 12.6. The number of halogens is 4. The number of alkyl halides is 3. The third kappa shape index (κ3) is 5.71. The second-order valence-corrected chi connectivity index (χ2v) is 10.4. The van der Waals surface area contributed by atoms with Crippen molar-refractivity contribution in [1.29, 1.82) is 0 Å². The van der Waals surface area contributed by atoms with E-state index in [-0.39, 0.29) is 52.7 Å². The lowest BCUT2D eigenvalue weighted by molar-refractivity contribution is -0.386. The zero-order chi connectivity index (χ0) is 31.0. The van der Waals surface area contributed by atoms with Gasteiger partial charge in [0.15, 0.2) is 17.3 Å². The Hall–Kier alpha value is -5.24. The van der Waals surface area contributed by atoms with Crippen LogP contribution in [0.1, 0.15) is 16.7 Å². The van der Waals surface area contributed by atoms with Gasteiger partial charge in [0.25, 0.3) is 5.56 Å². The topological polar surface area (TPSA) is 118 Å². The summed E-state index contributed by atoms with van der Waals surface area (Å²) in [6, 6.07) is 18.5. The molecule has 222 valence electrons. The van der Waals surface area contributed by atoms with E-state index in [1.165, 1.54) is 30.3 Å². The summed E-state index contributed by atoms with van der Waals surface area (Å²) in [7, 11) is 0. The van der Waals surface area contributed by atoms with Crippen LogP contribution in [0, 0.1) is 10.1 Å². The van der Waals surface area contributed by atoms with E-state index in [4.69, 9.17) is 14.2 Å². The maximum atomic E-state index is 13.6. The lowest BCUT2D eigenvalue weighted by atomic mass is 10.1. The molecule has 0 fully saturated rings. The van der Waals surface area contributed by atoms with Gasteiger partial charge in [-0.3, -0.25) is 14.9 Å². The summed E-state index contributed by atoms with van der Waals surface area (Å²) >= 11 is 3.26. The van der Waals surface area contributed by atoms with Crippen molar-refractivity contribution in [2.24, 2.45) is 5.10 Å². The standard InChI is InChI=1S/C30H18BrF3N4O6/c31-21-12-19(27(24(13-21)38(40)41)42-15-17-8-9-25-26(10-17)44-16-43-25)14-35-37-28(18-4-3-5-20(11-18)30(32,33)34)36-23-7-2-1-6-22(23)29(37)39/h1-14H,15-16H2. The number of rotatable bonds is 7. The fraction of sp³-hybridized carbons (Fsp3) is 0.100. The SMILES string of the molecule is O=c1c2ccccc2nc(-c2cccc(C(F)(F)F)c2)n1N=Cc1cc(Br)cc([N+](=O)[O-])c1OCc1ccc2c(c1)OCO2. The molecule has 0 amide bonds. The van der Waals surface area contributed by atoms with Crippen molar-refractivity contribution in [2.45, 2.75) is 12.8 Å². The molecule has 2 heterocycles. The Kier molecular flexibility index (Phi) is 7.51. The highest BCUT2D eigenvalue weighted by molar-refractivity contribution is 9.10. The first-order valence-corrected chi connectivity index (χ1v) is 13.6. The van der Waals surface area contributed by atoms with E-state index in [0.717, 1.165) is 23.0 Å². The van der Waals surface area contributed by atoms with E-state index >= 15 is 0 Å². The minimum atomic E-state index is -4.64. The van der Waals surface area contributed by atoms with E-state index in [0.29, 0.717) is 21.5 Å². The lowest BCUT2D eigenvalue weighted by Crippen LogP contribution is -2.20. The number of nitro groups is 1. The first-order chi connectivity index (χ1) is 21.1. The van der Waals surface area contributed by atoms with Crippen LogP contribution in [-0.2, 0) is 12.8 Å². The van der Waals surface area contributed by atoms with E-state index in [2.05, 4.69) is 26.0 Å². The minimum absolute atomic E-state index is 0.0145. The number of para-hydroxylation sites is 1. The molecule has 0 radical (unpaired) electrons. The number of nitro benzene ring substituents is 1. The van der Waals surface area contributed by atoms with Gasteiger partial charge in [0.2, 0.25) is 12.5 Å². The van der Waals surface area contributed by atoms with Gasteiger partial charge in [-0.25, -0.2) is 4.98 Å². The first kappa shape index (κ1) is 28.9. The lowest BCUT2D eigenvalue weighted by Gasteiger charge is -2.13. The van der Waals surface area contributed by atoms with Crippen LogP contribution < -0.4 is 19.8 Å². The Morgan fingerprint density at radius 2 is 1.84 bits per heavy atom. The van der Waals surface area contributed by atoms with Crippen molar-refractivity contribution < 1.29 is 32.3 Å². The fourth-order valence-electron chi connectivity index (χ4n) is 4.55. The van der Waals surface area contributed by atoms with Gasteiger partial charge in [-0.1, -0.05) is 46.3 Å². The summed E-state index contributed by atoms with van der Waals surface area (Å²) in [6.07, 6.45) is -3.48.